The molecule has 0 aromatic carbocycles. The molecule has 4 nitrogen and oxygen atoms in total. The van der Waals surface area contributed by atoms with Crippen LogP contribution >= 0.6 is 27.3 Å². The molecule has 1 saturated carbocycles. The maximum Gasteiger partial charge on any atom is 0.252 e. The predicted octanol–water partition coefficient (Wildman–Crippen LogP) is 2.24. The predicted molar refractivity (Wildman–Crippen MR) is 64.5 cm³/mol. The van der Waals surface area contributed by atoms with Crippen LogP contribution in [0.15, 0.2) is 20.1 Å². The van der Waals surface area contributed by atoms with Crippen LogP contribution in [0.2, 0.25) is 0 Å². The highest BCUT2D eigenvalue weighted by atomic mass is 79.9. The van der Waals surface area contributed by atoms with Gasteiger partial charge in [0.1, 0.15) is 9.75 Å². The molecule has 86 valence electrons. The molecular weight excluding hydrogens is 312 g/mol. The van der Waals surface area contributed by atoms with Gasteiger partial charge in [-0.2, -0.15) is 9.98 Å². The average molecular weight is 321 g/mol. The smallest absolute Gasteiger partial charge is 0.206 e. The Balaban J connectivity index is 2.29. The number of nitrogens with one attached hydrogen (secondary N) is 1. The molecule has 0 unspecified atom stereocenters. The zero-order valence-corrected chi connectivity index (χ0v) is 11.5. The minimum Gasteiger partial charge on any atom is -0.206 e. The Labute approximate surface area is 106 Å². The molecule has 0 spiro atoms. The van der Waals surface area contributed by atoms with Gasteiger partial charge in [0, 0.05) is 4.47 Å². The van der Waals surface area contributed by atoms with Gasteiger partial charge in [0.15, 0.2) is 0 Å². The van der Waals surface area contributed by atoms with Gasteiger partial charge in [0.05, 0.1) is 6.07 Å². The summed E-state index contributed by atoms with van der Waals surface area (Å²) in [7, 11) is -3.58. The Bertz CT molecular complexity index is 540. The summed E-state index contributed by atoms with van der Waals surface area (Å²) in [5.41, 5.74) is -0.887. The van der Waals surface area contributed by atoms with Gasteiger partial charge in [-0.25, -0.2) is 8.42 Å². The maximum absolute atomic E-state index is 12.0. The van der Waals surface area contributed by atoms with E-state index in [0.29, 0.717) is 17.3 Å². The largest absolute Gasteiger partial charge is 0.252 e. The van der Waals surface area contributed by atoms with E-state index in [4.69, 9.17) is 5.26 Å². The van der Waals surface area contributed by atoms with Gasteiger partial charge in [-0.1, -0.05) is 0 Å². The van der Waals surface area contributed by atoms with Crippen LogP contribution in [0.4, 0.5) is 0 Å². The Morgan fingerprint density at radius 1 is 1.56 bits per heavy atom. The van der Waals surface area contributed by atoms with Crippen molar-refractivity contribution < 1.29 is 8.42 Å². The number of rotatable bonds is 3. The van der Waals surface area contributed by atoms with Gasteiger partial charge in [-0.05, 0) is 46.6 Å². The van der Waals surface area contributed by atoms with Crippen molar-refractivity contribution in [1.29, 1.82) is 5.26 Å². The molecule has 0 aliphatic heterocycles. The molecule has 1 fully saturated rings. The van der Waals surface area contributed by atoms with E-state index in [2.05, 4.69) is 26.7 Å². The molecule has 0 saturated heterocycles. The summed E-state index contributed by atoms with van der Waals surface area (Å²) in [4.78, 5) is 0. The van der Waals surface area contributed by atoms with E-state index in [1.165, 1.54) is 0 Å². The van der Waals surface area contributed by atoms with Crippen molar-refractivity contribution >= 4 is 37.3 Å². The fraction of sp³-hybridized carbons (Fsp3) is 0.444. The fourth-order valence-corrected chi connectivity index (χ4v) is 5.26. The van der Waals surface area contributed by atoms with Crippen molar-refractivity contribution in [3.8, 4) is 6.07 Å². The van der Waals surface area contributed by atoms with Crippen LogP contribution < -0.4 is 4.72 Å². The van der Waals surface area contributed by atoms with Gasteiger partial charge in [-0.15, -0.1) is 11.3 Å². The summed E-state index contributed by atoms with van der Waals surface area (Å²) >= 11 is 4.32. The highest BCUT2D eigenvalue weighted by Gasteiger charge is 2.41. The summed E-state index contributed by atoms with van der Waals surface area (Å²) in [5.74, 6) is 0. The molecule has 1 aliphatic carbocycles. The van der Waals surface area contributed by atoms with Crippen molar-refractivity contribution in [2.24, 2.45) is 0 Å². The van der Waals surface area contributed by atoms with Gasteiger partial charge in [-0.3, -0.25) is 0 Å². The molecule has 0 amide bonds. The standard InChI is InChI=1S/C9H9BrN2O2S2/c10-7-2-5-15-8(7)16(13,14)12-9(6-11)3-1-4-9/h2,5,12H,1,3-4H2. The number of halogens is 1. The van der Waals surface area contributed by atoms with Crippen molar-refractivity contribution in [1.82, 2.24) is 4.72 Å². The molecule has 0 radical (unpaired) electrons. The van der Waals surface area contributed by atoms with E-state index >= 15 is 0 Å². The molecule has 1 heterocycles. The molecule has 1 N–H and O–H groups in total. The molecular formula is C9H9BrN2O2S2. The SMILES string of the molecule is N#CC1(NS(=O)(=O)c2sccc2Br)CCC1. The number of hydrogen-bond donors (Lipinski definition) is 1. The molecule has 2 rings (SSSR count). The quantitative estimate of drug-likeness (QED) is 0.928. The van der Waals surface area contributed by atoms with Crippen LogP contribution in [-0.2, 0) is 10.0 Å². The Morgan fingerprint density at radius 3 is 2.62 bits per heavy atom. The first-order valence-electron chi connectivity index (χ1n) is 4.67. The van der Waals surface area contributed by atoms with E-state index in [0.717, 1.165) is 17.8 Å². The van der Waals surface area contributed by atoms with Gasteiger partial charge in [0.2, 0.25) is 0 Å². The molecule has 7 heteroatoms. The third-order valence-electron chi connectivity index (χ3n) is 2.58. The second-order valence-electron chi connectivity index (χ2n) is 3.71. The third kappa shape index (κ3) is 2.02. The Morgan fingerprint density at radius 2 is 2.25 bits per heavy atom. The molecule has 0 atom stereocenters. The first-order chi connectivity index (χ1) is 7.49. The van der Waals surface area contributed by atoms with Crippen LogP contribution in [0.3, 0.4) is 0 Å². The lowest BCUT2D eigenvalue weighted by Gasteiger charge is -2.35. The number of sulfonamides is 1. The van der Waals surface area contributed by atoms with Crippen molar-refractivity contribution in [2.75, 3.05) is 0 Å². The zero-order chi connectivity index (χ0) is 11.8. The van der Waals surface area contributed by atoms with E-state index in [1.54, 1.807) is 11.4 Å². The lowest BCUT2D eigenvalue weighted by Crippen LogP contribution is -2.52. The summed E-state index contributed by atoms with van der Waals surface area (Å²) in [5, 5.41) is 10.7. The number of thiophene rings is 1. The first-order valence-corrected chi connectivity index (χ1v) is 7.83. The summed E-state index contributed by atoms with van der Waals surface area (Å²) < 4.78 is 27.3. The van der Waals surface area contributed by atoms with Crippen LogP contribution in [0.1, 0.15) is 19.3 Å². The van der Waals surface area contributed by atoms with Crippen LogP contribution in [-0.4, -0.2) is 14.0 Å². The van der Waals surface area contributed by atoms with Crippen molar-refractivity contribution in [3.63, 3.8) is 0 Å². The molecule has 16 heavy (non-hydrogen) atoms. The number of hydrogen-bond acceptors (Lipinski definition) is 4. The lowest BCUT2D eigenvalue weighted by atomic mass is 9.79. The molecule has 1 aliphatic rings. The molecule has 1 aromatic rings. The topological polar surface area (TPSA) is 70.0 Å². The lowest BCUT2D eigenvalue weighted by molar-refractivity contribution is 0.296. The summed E-state index contributed by atoms with van der Waals surface area (Å²) in [6.07, 6.45) is 2.07. The maximum atomic E-state index is 12.0. The second-order valence-corrected chi connectivity index (χ2v) is 7.36. The fourth-order valence-electron chi connectivity index (χ4n) is 1.54. The highest BCUT2D eigenvalue weighted by molar-refractivity contribution is 9.10. The number of nitrogens with zero attached hydrogens (tertiary/aromatic N) is 1. The third-order valence-corrected chi connectivity index (χ3v) is 6.79. The summed E-state index contributed by atoms with van der Waals surface area (Å²) in [6, 6.07) is 3.73. The zero-order valence-electron chi connectivity index (χ0n) is 8.23. The van der Waals surface area contributed by atoms with Crippen LogP contribution in [0.25, 0.3) is 0 Å². The molecule has 0 bridgehead atoms. The second kappa shape index (κ2) is 4.11. The minimum absolute atomic E-state index is 0.231. The van der Waals surface area contributed by atoms with Gasteiger partial charge >= 0.3 is 0 Å². The molecule has 1 aromatic heterocycles. The van der Waals surface area contributed by atoms with Crippen LogP contribution in [0, 0.1) is 11.3 Å². The van der Waals surface area contributed by atoms with E-state index in [-0.39, 0.29) is 4.21 Å². The first kappa shape index (κ1) is 12.0. The van der Waals surface area contributed by atoms with Gasteiger partial charge < -0.3 is 0 Å². The van der Waals surface area contributed by atoms with E-state index in [1.807, 2.05) is 0 Å². The van der Waals surface area contributed by atoms with Gasteiger partial charge in [0.25, 0.3) is 10.0 Å². The van der Waals surface area contributed by atoms with E-state index in [9.17, 15) is 8.42 Å². The normalized spacial score (nSPS) is 18.8. The highest BCUT2D eigenvalue weighted by Crippen LogP contribution is 2.35. The Hall–Kier alpha value is -0.420. The summed E-state index contributed by atoms with van der Waals surface area (Å²) in [6.45, 7) is 0. The van der Waals surface area contributed by atoms with Crippen molar-refractivity contribution in [2.45, 2.75) is 29.0 Å². The van der Waals surface area contributed by atoms with E-state index < -0.39 is 15.6 Å². The average Bonchev–Trinajstić information content (AvgIpc) is 2.59. The monoisotopic (exact) mass is 320 g/mol. The Kier molecular flexibility index (Phi) is 3.09. The van der Waals surface area contributed by atoms with Crippen molar-refractivity contribution in [3.05, 3.63) is 15.9 Å². The van der Waals surface area contributed by atoms with Crippen LogP contribution in [0.5, 0.6) is 0 Å². The number of nitriles is 1. The minimum atomic E-state index is -3.58.